The lowest BCUT2D eigenvalue weighted by atomic mass is 10.1. The second-order valence-electron chi connectivity index (χ2n) is 5.72. The number of amides is 1. The minimum atomic E-state index is -0.579. The molecule has 0 radical (unpaired) electrons. The first-order valence-electron chi connectivity index (χ1n) is 7.94. The van der Waals surface area contributed by atoms with Gasteiger partial charge in [0.15, 0.2) is 3.95 Å². The number of nitrogens with one attached hydrogen (secondary N) is 1. The van der Waals surface area contributed by atoms with Crippen molar-refractivity contribution >= 4 is 53.0 Å². The highest BCUT2D eigenvalue weighted by atomic mass is 32.1. The van der Waals surface area contributed by atoms with Gasteiger partial charge in [0, 0.05) is 17.4 Å². The number of phenolic OH excluding ortho intramolecular Hbond substituents is 1. The van der Waals surface area contributed by atoms with Crippen molar-refractivity contribution in [2.75, 3.05) is 5.43 Å². The van der Waals surface area contributed by atoms with E-state index in [-0.39, 0.29) is 21.1 Å². The number of aliphatic imine (C=N–C) groups is 1. The number of hydrogen-bond acceptors (Lipinski definition) is 6. The van der Waals surface area contributed by atoms with Crippen LogP contribution in [0.1, 0.15) is 20.8 Å². The summed E-state index contributed by atoms with van der Waals surface area (Å²) in [5, 5.41) is 20.3. The number of carbonyl (C=O) groups excluding carboxylic acids is 1. The fraction of sp³-hybridized carbons (Fsp3) is 0. The molecule has 1 aliphatic rings. The molecule has 2 heterocycles. The van der Waals surface area contributed by atoms with Gasteiger partial charge in [-0.1, -0.05) is 41.7 Å². The maximum atomic E-state index is 12.4. The molecule has 1 amide bonds. The molecule has 8 heteroatoms. The molecule has 0 saturated carbocycles. The molecule has 0 saturated heterocycles. The normalized spacial score (nSPS) is 13.7. The van der Waals surface area contributed by atoms with Gasteiger partial charge in [-0.3, -0.25) is 15.2 Å². The Morgan fingerprint density at radius 3 is 2.70 bits per heavy atom. The van der Waals surface area contributed by atoms with Crippen LogP contribution in [0.15, 0.2) is 53.5 Å². The van der Waals surface area contributed by atoms with Gasteiger partial charge in [-0.15, -0.1) is 0 Å². The smallest absolute Gasteiger partial charge is 0.274 e. The summed E-state index contributed by atoms with van der Waals surface area (Å²) in [6.07, 6.45) is 3.49. The van der Waals surface area contributed by atoms with Gasteiger partial charge in [-0.2, -0.15) is 4.68 Å². The highest BCUT2D eigenvalue weighted by molar-refractivity contribution is 7.73. The number of fused-ring (bicyclic) bond motifs is 1. The third-order valence-electron chi connectivity index (χ3n) is 4.02. The summed E-state index contributed by atoms with van der Waals surface area (Å²) in [6, 6.07) is 13.8. The zero-order valence-corrected chi connectivity index (χ0v) is 15.4. The number of allylic oxidation sites excluding steroid dienone is 1. The predicted octanol–water partition coefficient (Wildman–Crippen LogP) is 4.33. The lowest BCUT2D eigenvalue weighted by molar-refractivity contribution is 0.100. The van der Waals surface area contributed by atoms with Gasteiger partial charge in [-0.25, -0.2) is 0 Å². The molecule has 4 rings (SSSR count). The summed E-state index contributed by atoms with van der Waals surface area (Å²) in [5.41, 5.74) is 5.26. The number of para-hydroxylation sites is 2. The molecule has 1 aromatic heterocycles. The Bertz CT molecular complexity index is 1170. The van der Waals surface area contributed by atoms with E-state index in [0.29, 0.717) is 4.88 Å². The summed E-state index contributed by atoms with van der Waals surface area (Å²) in [7, 11) is 0. The van der Waals surface area contributed by atoms with Gasteiger partial charge in [0.2, 0.25) is 5.88 Å². The zero-order chi connectivity index (χ0) is 19.0. The number of rotatable bonds is 3. The van der Waals surface area contributed by atoms with Crippen molar-refractivity contribution in [2.45, 2.75) is 0 Å². The molecule has 0 aliphatic carbocycles. The van der Waals surface area contributed by atoms with Crippen LogP contribution in [0, 0.1) is 3.95 Å². The van der Waals surface area contributed by atoms with Crippen molar-refractivity contribution in [2.24, 2.45) is 4.99 Å². The highest BCUT2D eigenvalue weighted by Crippen LogP contribution is 2.35. The monoisotopic (exact) mass is 395 g/mol. The largest absolute Gasteiger partial charge is 0.507 e. The minimum absolute atomic E-state index is 0.0850. The average molecular weight is 395 g/mol. The van der Waals surface area contributed by atoms with Crippen LogP contribution < -0.4 is 5.43 Å². The highest BCUT2D eigenvalue weighted by Gasteiger charge is 2.18. The Labute approximate surface area is 163 Å². The number of thiazole rings is 1. The van der Waals surface area contributed by atoms with Crippen LogP contribution in [-0.4, -0.2) is 27.0 Å². The van der Waals surface area contributed by atoms with E-state index in [1.165, 1.54) is 12.1 Å². The van der Waals surface area contributed by atoms with Crippen molar-refractivity contribution in [1.82, 2.24) is 4.68 Å². The topological polar surface area (TPSA) is 86.9 Å². The Kier molecular flexibility index (Phi) is 4.35. The van der Waals surface area contributed by atoms with Crippen molar-refractivity contribution < 1.29 is 15.0 Å². The van der Waals surface area contributed by atoms with Crippen molar-refractivity contribution in [3.05, 3.63) is 68.5 Å². The summed E-state index contributed by atoms with van der Waals surface area (Å²) >= 11 is 6.42. The molecule has 27 heavy (non-hydrogen) atoms. The minimum Gasteiger partial charge on any atom is -0.507 e. The standard InChI is InChI=1S/C19H13N3O3S2/c23-15-8-4-2-6-13(15)17(24)21-22-18(25)16(27-19(22)26)9-11-10-20-14-7-3-1-5-12(11)14/h1-10,23,25H,(H,21,24)/b11-9+. The summed E-state index contributed by atoms with van der Waals surface area (Å²) in [5.74, 6) is -0.916. The number of carbonyl (C=O) groups is 1. The maximum absolute atomic E-state index is 12.4. The van der Waals surface area contributed by atoms with Gasteiger partial charge in [0.1, 0.15) is 5.75 Å². The fourth-order valence-corrected chi connectivity index (χ4v) is 3.88. The predicted molar refractivity (Wildman–Crippen MR) is 109 cm³/mol. The first kappa shape index (κ1) is 17.2. The molecule has 1 aliphatic heterocycles. The van der Waals surface area contributed by atoms with Crippen LogP contribution in [0.5, 0.6) is 11.6 Å². The molecule has 3 aromatic rings. The summed E-state index contributed by atoms with van der Waals surface area (Å²) in [6.45, 7) is 0. The molecule has 2 aromatic carbocycles. The van der Waals surface area contributed by atoms with Gasteiger partial charge in [0.25, 0.3) is 5.91 Å². The molecule has 0 atom stereocenters. The van der Waals surface area contributed by atoms with E-state index in [0.717, 1.165) is 32.8 Å². The first-order chi connectivity index (χ1) is 13.0. The molecular weight excluding hydrogens is 382 g/mol. The van der Waals surface area contributed by atoms with Gasteiger partial charge in [-0.05, 0) is 36.5 Å². The van der Waals surface area contributed by atoms with E-state index in [4.69, 9.17) is 12.2 Å². The Balaban J connectivity index is 1.67. The van der Waals surface area contributed by atoms with Crippen LogP contribution in [0.4, 0.5) is 5.69 Å². The second-order valence-corrected chi connectivity index (χ2v) is 7.40. The molecule has 3 N–H and O–H groups in total. The zero-order valence-electron chi connectivity index (χ0n) is 13.8. The summed E-state index contributed by atoms with van der Waals surface area (Å²) < 4.78 is 1.39. The summed E-state index contributed by atoms with van der Waals surface area (Å²) in [4.78, 5) is 17.2. The van der Waals surface area contributed by atoms with Crippen molar-refractivity contribution in [3.8, 4) is 11.6 Å². The fourth-order valence-electron chi connectivity index (χ4n) is 2.70. The van der Waals surface area contributed by atoms with E-state index in [1.54, 1.807) is 24.4 Å². The number of hydrogen-bond donors (Lipinski definition) is 3. The van der Waals surface area contributed by atoms with E-state index in [1.807, 2.05) is 24.3 Å². The van der Waals surface area contributed by atoms with Gasteiger partial charge >= 0.3 is 0 Å². The van der Waals surface area contributed by atoms with Crippen LogP contribution in [0.3, 0.4) is 0 Å². The number of aromatic nitrogens is 1. The molecule has 0 bridgehead atoms. The molecule has 0 spiro atoms. The Hall–Kier alpha value is -3.23. The molecule has 6 nitrogen and oxygen atoms in total. The lowest BCUT2D eigenvalue weighted by Crippen LogP contribution is -2.22. The van der Waals surface area contributed by atoms with E-state index >= 15 is 0 Å². The lowest BCUT2D eigenvalue weighted by Gasteiger charge is -2.08. The van der Waals surface area contributed by atoms with Gasteiger partial charge < -0.3 is 10.2 Å². The molecular formula is C19H13N3O3S2. The van der Waals surface area contributed by atoms with E-state index in [2.05, 4.69) is 10.4 Å². The SMILES string of the molecule is O=C(Nn1c(O)c(/C=C2\C=Nc3ccccc32)sc1=S)c1ccccc1O. The third kappa shape index (κ3) is 3.16. The van der Waals surface area contributed by atoms with E-state index < -0.39 is 5.91 Å². The molecule has 0 fully saturated rings. The van der Waals surface area contributed by atoms with Crippen LogP contribution >= 0.6 is 23.6 Å². The number of phenols is 1. The quantitative estimate of drug-likeness (QED) is 0.576. The van der Waals surface area contributed by atoms with Crippen LogP contribution in [-0.2, 0) is 0 Å². The third-order valence-corrected chi connectivity index (χ3v) is 5.33. The van der Waals surface area contributed by atoms with E-state index in [9.17, 15) is 15.0 Å². The van der Waals surface area contributed by atoms with Crippen LogP contribution in [0.25, 0.3) is 11.6 Å². The first-order valence-corrected chi connectivity index (χ1v) is 9.16. The maximum Gasteiger partial charge on any atom is 0.274 e. The van der Waals surface area contributed by atoms with Crippen molar-refractivity contribution in [3.63, 3.8) is 0 Å². The number of benzene rings is 2. The van der Waals surface area contributed by atoms with Crippen LogP contribution in [0.2, 0.25) is 0 Å². The molecule has 0 unspecified atom stereocenters. The van der Waals surface area contributed by atoms with Gasteiger partial charge in [0.05, 0.1) is 16.1 Å². The number of aromatic hydroxyl groups is 2. The molecule has 134 valence electrons. The average Bonchev–Trinajstić information content (AvgIpc) is 3.19. The number of nitrogens with zero attached hydrogens (tertiary/aromatic N) is 2. The second kappa shape index (κ2) is 6.82. The van der Waals surface area contributed by atoms with Crippen molar-refractivity contribution in [1.29, 1.82) is 0 Å². The Morgan fingerprint density at radius 1 is 1.15 bits per heavy atom. The Morgan fingerprint density at radius 2 is 1.89 bits per heavy atom.